The lowest BCUT2D eigenvalue weighted by Gasteiger charge is -2.09. The van der Waals surface area contributed by atoms with Gasteiger partial charge in [-0.15, -0.1) is 10.2 Å². The van der Waals surface area contributed by atoms with Crippen LogP contribution >= 0.6 is 11.8 Å². The molecule has 0 saturated carbocycles. The summed E-state index contributed by atoms with van der Waals surface area (Å²) in [6.45, 7) is 1.66. The maximum atomic E-state index is 13.7. The fourth-order valence-corrected chi connectivity index (χ4v) is 2.12. The summed E-state index contributed by atoms with van der Waals surface area (Å²) < 4.78 is 15.1. The van der Waals surface area contributed by atoms with Crippen molar-refractivity contribution >= 4 is 17.7 Å². The molecule has 0 aliphatic heterocycles. The Balaban J connectivity index is 2.34. The lowest BCUT2D eigenvalue weighted by atomic mass is 10.3. The van der Waals surface area contributed by atoms with Crippen LogP contribution < -0.4 is 5.73 Å². The first-order chi connectivity index (χ1) is 8.59. The highest BCUT2D eigenvalue weighted by atomic mass is 32.2. The molecule has 1 unspecified atom stereocenters. The Morgan fingerprint density at radius 1 is 1.50 bits per heavy atom. The van der Waals surface area contributed by atoms with Gasteiger partial charge < -0.3 is 5.73 Å². The van der Waals surface area contributed by atoms with Crippen LogP contribution in [-0.2, 0) is 4.79 Å². The predicted octanol–water partition coefficient (Wildman–Crippen LogP) is 1.37. The number of halogens is 1. The number of thioether (sulfide) groups is 1. The van der Waals surface area contributed by atoms with Gasteiger partial charge in [0.2, 0.25) is 5.91 Å². The molecule has 0 fully saturated rings. The van der Waals surface area contributed by atoms with E-state index in [1.165, 1.54) is 17.0 Å². The van der Waals surface area contributed by atoms with E-state index in [2.05, 4.69) is 10.2 Å². The summed E-state index contributed by atoms with van der Waals surface area (Å²) in [5, 5.41) is 7.55. The number of carbonyl (C=O) groups is 1. The number of benzene rings is 1. The van der Waals surface area contributed by atoms with E-state index in [9.17, 15) is 9.18 Å². The fraction of sp³-hybridized carbons (Fsp3) is 0.182. The van der Waals surface area contributed by atoms with Crippen LogP contribution in [0.25, 0.3) is 5.69 Å². The Kier molecular flexibility index (Phi) is 3.61. The van der Waals surface area contributed by atoms with Crippen LogP contribution in [0.3, 0.4) is 0 Å². The van der Waals surface area contributed by atoms with Gasteiger partial charge in [-0.1, -0.05) is 23.9 Å². The van der Waals surface area contributed by atoms with Gasteiger partial charge in [0.25, 0.3) is 0 Å². The van der Waals surface area contributed by atoms with Crippen molar-refractivity contribution in [1.82, 2.24) is 14.8 Å². The van der Waals surface area contributed by atoms with E-state index in [0.29, 0.717) is 10.8 Å². The molecule has 0 saturated heterocycles. The molecule has 94 valence electrons. The molecule has 1 aromatic heterocycles. The Bertz CT molecular complexity index is 572. The highest BCUT2D eigenvalue weighted by molar-refractivity contribution is 8.00. The van der Waals surface area contributed by atoms with Crippen LogP contribution in [-0.4, -0.2) is 25.9 Å². The van der Waals surface area contributed by atoms with E-state index >= 15 is 0 Å². The summed E-state index contributed by atoms with van der Waals surface area (Å²) in [6, 6.07) is 6.27. The van der Waals surface area contributed by atoms with E-state index < -0.39 is 11.2 Å². The normalized spacial score (nSPS) is 12.3. The van der Waals surface area contributed by atoms with E-state index in [1.807, 2.05) is 0 Å². The number of primary amides is 1. The molecule has 0 bridgehead atoms. The molecule has 0 aliphatic rings. The number of carbonyl (C=O) groups excluding carboxylic acids is 1. The highest BCUT2D eigenvalue weighted by Crippen LogP contribution is 2.24. The van der Waals surface area contributed by atoms with E-state index in [1.54, 1.807) is 25.1 Å². The Labute approximate surface area is 107 Å². The number of rotatable bonds is 4. The standard InChI is InChI=1S/C11H11FN4OS/c1-7(10(13)17)18-11-15-14-6-16(11)9-5-3-2-4-8(9)12/h2-7H,1H3,(H2,13,17). The second-order valence-corrected chi connectivity index (χ2v) is 4.91. The molecule has 5 nitrogen and oxygen atoms in total. The SMILES string of the molecule is CC(Sc1nncn1-c1ccccc1F)C(N)=O. The molecule has 2 aromatic rings. The zero-order chi connectivity index (χ0) is 13.1. The monoisotopic (exact) mass is 266 g/mol. The van der Waals surface area contributed by atoms with Crippen LogP contribution in [0.4, 0.5) is 4.39 Å². The van der Waals surface area contributed by atoms with Crippen molar-refractivity contribution in [3.8, 4) is 5.69 Å². The van der Waals surface area contributed by atoms with Gasteiger partial charge in [0.05, 0.1) is 10.9 Å². The molecular weight excluding hydrogens is 255 g/mol. The molecule has 2 rings (SSSR count). The fourth-order valence-electron chi connectivity index (χ4n) is 1.33. The zero-order valence-electron chi connectivity index (χ0n) is 9.58. The van der Waals surface area contributed by atoms with Crippen molar-refractivity contribution in [2.75, 3.05) is 0 Å². The lowest BCUT2D eigenvalue weighted by molar-refractivity contribution is -0.117. The summed E-state index contributed by atoms with van der Waals surface area (Å²) in [5.41, 5.74) is 5.51. The van der Waals surface area contributed by atoms with Gasteiger partial charge in [-0.2, -0.15) is 0 Å². The Morgan fingerprint density at radius 2 is 2.22 bits per heavy atom. The quantitative estimate of drug-likeness (QED) is 0.848. The Hall–Kier alpha value is -1.89. The van der Waals surface area contributed by atoms with Gasteiger partial charge in [0.15, 0.2) is 5.16 Å². The van der Waals surface area contributed by atoms with Crippen LogP contribution in [0, 0.1) is 5.82 Å². The number of hydrogen-bond donors (Lipinski definition) is 1. The average molecular weight is 266 g/mol. The average Bonchev–Trinajstić information content (AvgIpc) is 2.77. The van der Waals surface area contributed by atoms with E-state index in [0.717, 1.165) is 11.8 Å². The van der Waals surface area contributed by atoms with Gasteiger partial charge in [0.1, 0.15) is 12.1 Å². The van der Waals surface area contributed by atoms with Crippen molar-refractivity contribution in [2.45, 2.75) is 17.3 Å². The second-order valence-electron chi connectivity index (χ2n) is 3.60. The molecule has 0 aliphatic carbocycles. The minimum Gasteiger partial charge on any atom is -0.369 e. The molecular formula is C11H11FN4OS. The number of nitrogens with zero attached hydrogens (tertiary/aromatic N) is 3. The van der Waals surface area contributed by atoms with Crippen molar-refractivity contribution in [1.29, 1.82) is 0 Å². The molecule has 2 N–H and O–H groups in total. The molecule has 1 amide bonds. The number of aromatic nitrogens is 3. The molecule has 1 aromatic carbocycles. The summed E-state index contributed by atoms with van der Waals surface area (Å²) >= 11 is 1.14. The zero-order valence-corrected chi connectivity index (χ0v) is 10.4. The summed E-state index contributed by atoms with van der Waals surface area (Å²) in [5.74, 6) is -0.839. The van der Waals surface area contributed by atoms with Crippen LogP contribution in [0.2, 0.25) is 0 Å². The number of hydrogen-bond acceptors (Lipinski definition) is 4. The third-order valence-electron chi connectivity index (χ3n) is 2.31. The molecule has 18 heavy (non-hydrogen) atoms. The van der Waals surface area contributed by atoms with Crippen LogP contribution in [0.5, 0.6) is 0 Å². The molecule has 0 radical (unpaired) electrons. The first kappa shape index (κ1) is 12.6. The van der Waals surface area contributed by atoms with Gasteiger partial charge in [-0.05, 0) is 19.1 Å². The molecule has 1 heterocycles. The molecule has 7 heteroatoms. The second kappa shape index (κ2) is 5.18. The van der Waals surface area contributed by atoms with Crippen molar-refractivity contribution in [3.63, 3.8) is 0 Å². The first-order valence-electron chi connectivity index (χ1n) is 5.20. The largest absolute Gasteiger partial charge is 0.369 e. The maximum absolute atomic E-state index is 13.7. The van der Waals surface area contributed by atoms with E-state index in [4.69, 9.17) is 5.73 Å². The lowest BCUT2D eigenvalue weighted by Crippen LogP contribution is -2.23. The Morgan fingerprint density at radius 3 is 2.89 bits per heavy atom. The number of nitrogens with two attached hydrogens (primary N) is 1. The van der Waals surface area contributed by atoms with E-state index in [-0.39, 0.29) is 5.82 Å². The van der Waals surface area contributed by atoms with Gasteiger partial charge >= 0.3 is 0 Å². The first-order valence-corrected chi connectivity index (χ1v) is 6.08. The number of amides is 1. The third kappa shape index (κ3) is 2.51. The minimum absolute atomic E-state index is 0.335. The third-order valence-corrected chi connectivity index (χ3v) is 3.39. The van der Waals surface area contributed by atoms with Gasteiger partial charge in [0, 0.05) is 0 Å². The smallest absolute Gasteiger partial charge is 0.230 e. The van der Waals surface area contributed by atoms with Crippen LogP contribution in [0.1, 0.15) is 6.92 Å². The predicted molar refractivity (Wildman–Crippen MR) is 65.8 cm³/mol. The van der Waals surface area contributed by atoms with Gasteiger partial charge in [-0.3, -0.25) is 9.36 Å². The van der Waals surface area contributed by atoms with Crippen molar-refractivity contribution < 1.29 is 9.18 Å². The van der Waals surface area contributed by atoms with Gasteiger partial charge in [-0.25, -0.2) is 4.39 Å². The molecule has 1 atom stereocenters. The maximum Gasteiger partial charge on any atom is 0.230 e. The van der Waals surface area contributed by atoms with Crippen molar-refractivity contribution in [2.24, 2.45) is 5.73 Å². The summed E-state index contributed by atoms with van der Waals surface area (Å²) in [6.07, 6.45) is 1.40. The minimum atomic E-state index is -0.459. The van der Waals surface area contributed by atoms with Crippen LogP contribution in [0.15, 0.2) is 35.7 Å². The number of para-hydroxylation sites is 1. The highest BCUT2D eigenvalue weighted by Gasteiger charge is 2.16. The molecule has 0 spiro atoms. The topological polar surface area (TPSA) is 73.8 Å². The summed E-state index contributed by atoms with van der Waals surface area (Å²) in [4.78, 5) is 11.0. The summed E-state index contributed by atoms with van der Waals surface area (Å²) in [7, 11) is 0. The van der Waals surface area contributed by atoms with Crippen molar-refractivity contribution in [3.05, 3.63) is 36.4 Å².